The average molecular weight is 539 g/mol. The Kier molecular flexibility index (Phi) is 7.27. The molecule has 196 valence electrons. The molecule has 4 aromatic rings. The Hall–Kier alpha value is -4.17. The van der Waals surface area contributed by atoms with E-state index in [0.29, 0.717) is 17.3 Å². The summed E-state index contributed by atoms with van der Waals surface area (Å²) in [4.78, 5) is 20.0. The van der Waals surface area contributed by atoms with Crippen molar-refractivity contribution in [3.05, 3.63) is 107 Å². The third kappa shape index (κ3) is 5.81. The summed E-state index contributed by atoms with van der Waals surface area (Å²) in [6.45, 7) is 2.23. The molecule has 0 saturated carbocycles. The van der Waals surface area contributed by atoms with E-state index in [-0.39, 0.29) is 11.7 Å². The molecule has 6 nitrogen and oxygen atoms in total. The van der Waals surface area contributed by atoms with E-state index in [1.807, 2.05) is 71.6 Å². The Morgan fingerprint density at radius 2 is 1.67 bits per heavy atom. The fraction of sp³-hybridized carbons (Fsp3) is 0.194. The molecule has 0 bridgehead atoms. The minimum atomic E-state index is -0.268. The van der Waals surface area contributed by atoms with Gasteiger partial charge in [0.05, 0.1) is 16.3 Å². The molecule has 0 aliphatic carbocycles. The second-order valence-corrected chi connectivity index (χ2v) is 10.5. The summed E-state index contributed by atoms with van der Waals surface area (Å²) in [5.74, 6) is 0.228. The maximum atomic E-state index is 13.2. The molecule has 1 amide bonds. The average Bonchev–Trinajstić information content (AvgIpc) is 3.57. The first-order valence-corrected chi connectivity index (χ1v) is 13.8. The Morgan fingerprint density at radius 1 is 0.923 bits per heavy atom. The van der Waals surface area contributed by atoms with Crippen molar-refractivity contribution in [2.45, 2.75) is 25.9 Å². The van der Waals surface area contributed by atoms with Gasteiger partial charge in [0.2, 0.25) is 0 Å². The predicted octanol–water partition coefficient (Wildman–Crippen LogP) is 6.71. The van der Waals surface area contributed by atoms with E-state index in [1.54, 1.807) is 12.1 Å². The molecule has 2 aliphatic rings. The standard InChI is InChI=1S/C31H27FN4O2S/c32-25-13-9-22(10-14-25)21-38-27-15-11-23(12-16-27)29-24(20-36(34-29)26-7-3-1-4-8-26)19-28-30(37)33-31(39-28)35-17-5-2-6-18-35/h1,3-4,7-16,19-20H,2,5-6,17-18,21H2/b28-19-. The molecule has 0 spiro atoms. The van der Waals surface area contributed by atoms with Crippen LogP contribution in [0, 0.1) is 5.82 Å². The Labute approximate surface area is 230 Å². The number of carbonyl (C=O) groups is 1. The molecule has 0 unspecified atom stereocenters. The van der Waals surface area contributed by atoms with Crippen LogP contribution in [0.2, 0.25) is 0 Å². The number of carbonyl (C=O) groups excluding carboxylic acids is 1. The molecular formula is C31H27FN4O2S. The smallest absolute Gasteiger partial charge is 0.286 e. The zero-order valence-corrected chi connectivity index (χ0v) is 22.1. The fourth-order valence-corrected chi connectivity index (χ4v) is 5.60. The van der Waals surface area contributed by atoms with Crippen molar-refractivity contribution in [3.8, 4) is 22.7 Å². The maximum absolute atomic E-state index is 13.2. The lowest BCUT2D eigenvalue weighted by Gasteiger charge is -2.27. The number of hydrogen-bond donors (Lipinski definition) is 0. The second kappa shape index (κ2) is 11.3. The topological polar surface area (TPSA) is 59.7 Å². The van der Waals surface area contributed by atoms with Crippen molar-refractivity contribution in [1.29, 1.82) is 0 Å². The molecule has 2 aliphatic heterocycles. The molecule has 3 heterocycles. The molecular weight excluding hydrogens is 511 g/mol. The van der Waals surface area contributed by atoms with Gasteiger partial charge in [-0.25, -0.2) is 9.07 Å². The van der Waals surface area contributed by atoms with Crippen molar-refractivity contribution >= 4 is 28.9 Å². The number of benzene rings is 3. The van der Waals surface area contributed by atoms with Crippen molar-refractivity contribution in [3.63, 3.8) is 0 Å². The molecule has 8 heteroatoms. The lowest BCUT2D eigenvalue weighted by atomic mass is 10.1. The van der Waals surface area contributed by atoms with Crippen LogP contribution in [0.4, 0.5) is 4.39 Å². The summed E-state index contributed by atoms with van der Waals surface area (Å²) in [6, 6.07) is 23.9. The van der Waals surface area contributed by atoms with Crippen molar-refractivity contribution in [2.75, 3.05) is 13.1 Å². The number of nitrogens with zero attached hydrogens (tertiary/aromatic N) is 4. The van der Waals surface area contributed by atoms with Gasteiger partial charge in [0.1, 0.15) is 18.2 Å². The van der Waals surface area contributed by atoms with Crippen LogP contribution in [0.1, 0.15) is 30.4 Å². The van der Waals surface area contributed by atoms with Crippen LogP contribution in [0.5, 0.6) is 5.75 Å². The highest BCUT2D eigenvalue weighted by atomic mass is 32.2. The Bertz CT molecular complexity index is 1520. The number of amides is 1. The molecule has 6 rings (SSSR count). The number of ether oxygens (including phenoxy) is 1. The molecule has 0 N–H and O–H groups in total. The molecule has 1 fully saturated rings. The number of piperidine rings is 1. The van der Waals surface area contributed by atoms with Crippen LogP contribution in [0.25, 0.3) is 23.0 Å². The van der Waals surface area contributed by atoms with E-state index in [1.165, 1.54) is 30.3 Å². The van der Waals surface area contributed by atoms with E-state index in [4.69, 9.17) is 9.84 Å². The number of thioether (sulfide) groups is 1. The highest BCUT2D eigenvalue weighted by Crippen LogP contribution is 2.34. The summed E-state index contributed by atoms with van der Waals surface area (Å²) < 4.78 is 20.9. The first-order valence-electron chi connectivity index (χ1n) is 13.0. The van der Waals surface area contributed by atoms with Crippen LogP contribution in [-0.2, 0) is 11.4 Å². The van der Waals surface area contributed by atoms with E-state index in [2.05, 4.69) is 9.89 Å². The van der Waals surface area contributed by atoms with Crippen molar-refractivity contribution < 1.29 is 13.9 Å². The molecule has 1 aromatic heterocycles. The predicted molar refractivity (Wildman–Crippen MR) is 153 cm³/mol. The minimum absolute atomic E-state index is 0.205. The van der Waals surface area contributed by atoms with Crippen molar-refractivity contribution in [1.82, 2.24) is 14.7 Å². The van der Waals surface area contributed by atoms with Gasteiger partial charge in [0, 0.05) is 30.4 Å². The van der Waals surface area contributed by atoms with Gasteiger partial charge in [-0.15, -0.1) is 0 Å². The normalized spacial score (nSPS) is 16.5. The van der Waals surface area contributed by atoms with Crippen LogP contribution < -0.4 is 4.74 Å². The number of aliphatic imine (C=N–C) groups is 1. The third-order valence-electron chi connectivity index (χ3n) is 6.73. The van der Waals surface area contributed by atoms with E-state index in [9.17, 15) is 9.18 Å². The zero-order valence-electron chi connectivity index (χ0n) is 21.3. The maximum Gasteiger partial charge on any atom is 0.286 e. The van der Waals surface area contributed by atoms with Gasteiger partial charge in [-0.2, -0.15) is 10.1 Å². The van der Waals surface area contributed by atoms with Gasteiger partial charge in [0.15, 0.2) is 5.17 Å². The molecule has 39 heavy (non-hydrogen) atoms. The Morgan fingerprint density at radius 3 is 2.41 bits per heavy atom. The lowest BCUT2D eigenvalue weighted by molar-refractivity contribution is -0.113. The summed E-state index contributed by atoms with van der Waals surface area (Å²) in [6.07, 6.45) is 7.33. The van der Waals surface area contributed by atoms with Crippen LogP contribution in [0.3, 0.4) is 0 Å². The number of hydrogen-bond acceptors (Lipinski definition) is 5. The summed E-state index contributed by atoms with van der Waals surface area (Å²) in [7, 11) is 0. The number of para-hydroxylation sites is 1. The van der Waals surface area contributed by atoms with E-state index in [0.717, 1.165) is 59.2 Å². The molecule has 3 aromatic carbocycles. The zero-order chi connectivity index (χ0) is 26.6. The number of halogens is 1. The molecule has 1 saturated heterocycles. The first-order chi connectivity index (χ1) is 19.1. The monoisotopic (exact) mass is 538 g/mol. The molecule has 0 radical (unpaired) electrons. The second-order valence-electron chi connectivity index (χ2n) is 9.51. The molecule has 0 atom stereocenters. The van der Waals surface area contributed by atoms with Crippen molar-refractivity contribution in [2.24, 2.45) is 4.99 Å². The third-order valence-corrected chi connectivity index (χ3v) is 7.78. The van der Waals surface area contributed by atoms with Crippen LogP contribution >= 0.6 is 11.8 Å². The van der Waals surface area contributed by atoms with Gasteiger partial charge in [-0.1, -0.05) is 30.3 Å². The number of amidine groups is 1. The Balaban J connectivity index is 1.26. The quantitative estimate of drug-likeness (QED) is 0.255. The summed E-state index contributed by atoms with van der Waals surface area (Å²) in [5.41, 5.74) is 4.32. The van der Waals surface area contributed by atoms with Crippen LogP contribution in [-0.4, -0.2) is 38.8 Å². The van der Waals surface area contributed by atoms with Gasteiger partial charge in [0.25, 0.3) is 5.91 Å². The van der Waals surface area contributed by atoms with Gasteiger partial charge < -0.3 is 9.64 Å². The minimum Gasteiger partial charge on any atom is -0.489 e. The number of likely N-dealkylation sites (tertiary alicyclic amines) is 1. The van der Waals surface area contributed by atoms with Gasteiger partial charge in [-0.05, 0) is 91.2 Å². The van der Waals surface area contributed by atoms with Gasteiger partial charge in [-0.3, -0.25) is 4.79 Å². The summed E-state index contributed by atoms with van der Waals surface area (Å²) in [5, 5.41) is 5.68. The highest BCUT2D eigenvalue weighted by molar-refractivity contribution is 8.18. The number of rotatable bonds is 6. The SMILES string of the molecule is O=C1N=C(N2CCCCC2)S/C1=C\c1cn(-c2ccccc2)nc1-c1ccc(OCc2ccc(F)cc2)cc1. The fourth-order valence-electron chi connectivity index (χ4n) is 4.65. The van der Waals surface area contributed by atoms with Gasteiger partial charge >= 0.3 is 0 Å². The highest BCUT2D eigenvalue weighted by Gasteiger charge is 2.27. The van der Waals surface area contributed by atoms with Crippen LogP contribution in [0.15, 0.2) is 95.0 Å². The lowest BCUT2D eigenvalue weighted by Crippen LogP contribution is -2.33. The summed E-state index contributed by atoms with van der Waals surface area (Å²) >= 11 is 1.44. The van der Waals surface area contributed by atoms with E-state index < -0.39 is 0 Å². The largest absolute Gasteiger partial charge is 0.489 e. The van der Waals surface area contributed by atoms with E-state index >= 15 is 0 Å². The first kappa shape index (κ1) is 25.1. The number of aromatic nitrogens is 2.